The maximum Gasteiger partial charge on any atom is 0.373 e. The molecule has 1 N–H and O–H groups in total. The third-order valence-electron chi connectivity index (χ3n) is 3.25. The third-order valence-corrected chi connectivity index (χ3v) is 3.78. The molecule has 112 valence electrons. The Bertz CT molecular complexity index is 592. The van der Waals surface area contributed by atoms with Gasteiger partial charge in [-0.15, -0.1) is 0 Å². The first-order valence-corrected chi connectivity index (χ1v) is 7.59. The van der Waals surface area contributed by atoms with Crippen LogP contribution < -0.4 is 5.32 Å². The monoisotopic (exact) mass is 351 g/mol. The number of rotatable bonds is 6. The first-order valence-electron chi connectivity index (χ1n) is 6.80. The molecule has 0 saturated carbocycles. The predicted molar refractivity (Wildman–Crippen MR) is 84.1 cm³/mol. The quantitative estimate of drug-likeness (QED) is 0.797. The number of methoxy groups -OCH3 is 1. The molecule has 4 nitrogen and oxygen atoms in total. The number of benzene rings is 1. The summed E-state index contributed by atoms with van der Waals surface area (Å²) in [4.78, 5) is 11.3. The predicted octanol–water partition coefficient (Wildman–Crippen LogP) is 4.07. The molecule has 0 bridgehead atoms. The Morgan fingerprint density at radius 2 is 2.00 bits per heavy atom. The second kappa shape index (κ2) is 7.43. The summed E-state index contributed by atoms with van der Waals surface area (Å²) in [5.74, 6) is 0.484. The smallest absolute Gasteiger partial charge is 0.373 e. The van der Waals surface area contributed by atoms with E-state index in [-0.39, 0.29) is 11.8 Å². The number of hydrogen-bond acceptors (Lipinski definition) is 4. The fourth-order valence-corrected chi connectivity index (χ4v) is 2.36. The van der Waals surface area contributed by atoms with Gasteiger partial charge in [-0.25, -0.2) is 4.79 Å². The van der Waals surface area contributed by atoms with Crippen LogP contribution in [-0.4, -0.2) is 13.1 Å². The average molecular weight is 352 g/mol. The SMILES string of the molecule is CCC(NCc1ccc(C(=O)OC)o1)c1ccc(Br)cc1. The van der Waals surface area contributed by atoms with Crippen LogP contribution in [0.3, 0.4) is 0 Å². The number of furan rings is 1. The molecule has 0 fully saturated rings. The molecular weight excluding hydrogens is 334 g/mol. The van der Waals surface area contributed by atoms with Crippen LogP contribution in [0.1, 0.15) is 41.3 Å². The van der Waals surface area contributed by atoms with E-state index in [1.165, 1.54) is 12.7 Å². The van der Waals surface area contributed by atoms with Crippen molar-refractivity contribution in [3.63, 3.8) is 0 Å². The fourth-order valence-electron chi connectivity index (χ4n) is 2.10. The normalized spacial score (nSPS) is 12.1. The Balaban J connectivity index is 1.98. The molecule has 1 aromatic carbocycles. The number of ether oxygens (including phenoxy) is 1. The van der Waals surface area contributed by atoms with Crippen LogP contribution >= 0.6 is 15.9 Å². The van der Waals surface area contributed by atoms with E-state index < -0.39 is 5.97 Å². The van der Waals surface area contributed by atoms with Crippen LogP contribution in [0, 0.1) is 0 Å². The van der Waals surface area contributed by atoms with Crippen molar-refractivity contribution in [3.8, 4) is 0 Å². The van der Waals surface area contributed by atoms with Crippen molar-refractivity contribution in [3.05, 3.63) is 58.0 Å². The summed E-state index contributed by atoms with van der Waals surface area (Å²) < 4.78 is 11.1. The van der Waals surface area contributed by atoms with Crippen LogP contribution in [0.25, 0.3) is 0 Å². The van der Waals surface area contributed by atoms with Crippen molar-refractivity contribution in [2.45, 2.75) is 25.9 Å². The highest BCUT2D eigenvalue weighted by atomic mass is 79.9. The lowest BCUT2D eigenvalue weighted by molar-refractivity contribution is 0.0562. The van der Waals surface area contributed by atoms with Crippen LogP contribution in [0.4, 0.5) is 0 Å². The number of carbonyl (C=O) groups excluding carboxylic acids is 1. The molecule has 5 heteroatoms. The number of carbonyl (C=O) groups is 1. The summed E-state index contributed by atoms with van der Waals surface area (Å²) in [6, 6.07) is 11.9. The zero-order valence-electron chi connectivity index (χ0n) is 12.1. The minimum Gasteiger partial charge on any atom is -0.463 e. The first-order chi connectivity index (χ1) is 10.1. The molecule has 21 heavy (non-hydrogen) atoms. The zero-order chi connectivity index (χ0) is 15.2. The van der Waals surface area contributed by atoms with Gasteiger partial charge in [-0.3, -0.25) is 0 Å². The molecule has 0 amide bonds. The Morgan fingerprint density at radius 3 is 2.62 bits per heavy atom. The second-order valence-corrected chi connectivity index (χ2v) is 5.57. The maximum absolute atomic E-state index is 11.3. The van der Waals surface area contributed by atoms with Gasteiger partial charge in [0.15, 0.2) is 0 Å². The van der Waals surface area contributed by atoms with E-state index >= 15 is 0 Å². The Labute approximate surface area is 132 Å². The molecule has 0 radical (unpaired) electrons. The van der Waals surface area contributed by atoms with Crippen LogP contribution in [0.5, 0.6) is 0 Å². The summed E-state index contributed by atoms with van der Waals surface area (Å²) in [5.41, 5.74) is 1.22. The van der Waals surface area contributed by atoms with Crippen molar-refractivity contribution in [1.82, 2.24) is 5.32 Å². The minimum absolute atomic E-state index is 0.228. The number of halogens is 1. The molecule has 1 heterocycles. The van der Waals surface area contributed by atoms with E-state index in [2.05, 4.69) is 45.0 Å². The molecule has 0 aliphatic rings. The summed E-state index contributed by atoms with van der Waals surface area (Å²) in [6.07, 6.45) is 0.964. The first kappa shape index (κ1) is 15.8. The Kier molecular flexibility index (Phi) is 5.59. The molecule has 2 rings (SSSR count). The lowest BCUT2D eigenvalue weighted by atomic mass is 10.0. The summed E-state index contributed by atoms with van der Waals surface area (Å²) in [5, 5.41) is 3.43. The van der Waals surface area contributed by atoms with Gasteiger partial charge in [-0.1, -0.05) is 35.0 Å². The van der Waals surface area contributed by atoms with E-state index in [1.807, 2.05) is 12.1 Å². The molecule has 1 atom stereocenters. The van der Waals surface area contributed by atoms with Gasteiger partial charge in [-0.05, 0) is 36.2 Å². The van der Waals surface area contributed by atoms with Crippen molar-refractivity contribution < 1.29 is 13.9 Å². The Hall–Kier alpha value is -1.59. The highest BCUT2D eigenvalue weighted by molar-refractivity contribution is 9.10. The van der Waals surface area contributed by atoms with Crippen molar-refractivity contribution in [1.29, 1.82) is 0 Å². The van der Waals surface area contributed by atoms with Crippen molar-refractivity contribution >= 4 is 21.9 Å². The van der Waals surface area contributed by atoms with Gasteiger partial charge in [0, 0.05) is 10.5 Å². The van der Waals surface area contributed by atoms with E-state index in [0.717, 1.165) is 10.9 Å². The second-order valence-electron chi connectivity index (χ2n) is 4.65. The van der Waals surface area contributed by atoms with Gasteiger partial charge in [0.2, 0.25) is 5.76 Å². The Morgan fingerprint density at radius 1 is 1.29 bits per heavy atom. The maximum atomic E-state index is 11.3. The highest BCUT2D eigenvalue weighted by Crippen LogP contribution is 2.20. The largest absolute Gasteiger partial charge is 0.463 e. The van der Waals surface area contributed by atoms with Gasteiger partial charge in [0.25, 0.3) is 0 Å². The van der Waals surface area contributed by atoms with E-state index in [4.69, 9.17) is 4.42 Å². The van der Waals surface area contributed by atoms with Gasteiger partial charge >= 0.3 is 5.97 Å². The summed E-state index contributed by atoms with van der Waals surface area (Å²) >= 11 is 3.44. The third kappa shape index (κ3) is 4.19. The van der Waals surface area contributed by atoms with Gasteiger partial charge in [-0.2, -0.15) is 0 Å². The number of nitrogens with one attached hydrogen (secondary N) is 1. The van der Waals surface area contributed by atoms with Gasteiger partial charge in [0.1, 0.15) is 5.76 Å². The number of hydrogen-bond donors (Lipinski definition) is 1. The molecule has 1 aromatic heterocycles. The summed E-state index contributed by atoms with van der Waals surface area (Å²) in [6.45, 7) is 2.69. The molecule has 0 spiro atoms. The van der Waals surface area contributed by atoms with E-state index in [0.29, 0.717) is 12.3 Å². The molecule has 0 aliphatic heterocycles. The van der Waals surface area contributed by atoms with Crippen molar-refractivity contribution in [2.75, 3.05) is 7.11 Å². The average Bonchev–Trinajstić information content (AvgIpc) is 2.97. The minimum atomic E-state index is -0.457. The van der Waals surface area contributed by atoms with Crippen molar-refractivity contribution in [2.24, 2.45) is 0 Å². The van der Waals surface area contributed by atoms with E-state index in [9.17, 15) is 4.79 Å². The van der Waals surface area contributed by atoms with Gasteiger partial charge in [0.05, 0.1) is 13.7 Å². The van der Waals surface area contributed by atoms with Gasteiger partial charge < -0.3 is 14.5 Å². The van der Waals surface area contributed by atoms with Crippen LogP contribution in [0.15, 0.2) is 45.3 Å². The number of esters is 1. The van der Waals surface area contributed by atoms with Crippen LogP contribution in [-0.2, 0) is 11.3 Å². The molecule has 0 saturated heterocycles. The molecule has 1 unspecified atom stereocenters. The van der Waals surface area contributed by atoms with Crippen LogP contribution in [0.2, 0.25) is 0 Å². The highest BCUT2D eigenvalue weighted by Gasteiger charge is 2.13. The topological polar surface area (TPSA) is 51.5 Å². The lowest BCUT2D eigenvalue weighted by Gasteiger charge is -2.16. The standard InChI is InChI=1S/C16H18BrNO3/c1-3-14(11-4-6-12(17)7-5-11)18-10-13-8-9-15(21-13)16(19)20-2/h4-9,14,18H,3,10H2,1-2H3. The zero-order valence-corrected chi connectivity index (χ0v) is 13.6. The molecular formula is C16H18BrNO3. The summed E-state index contributed by atoms with van der Waals surface area (Å²) in [7, 11) is 1.34. The fraction of sp³-hybridized carbons (Fsp3) is 0.312. The lowest BCUT2D eigenvalue weighted by Crippen LogP contribution is -2.19. The molecule has 0 aliphatic carbocycles. The molecule has 2 aromatic rings. The van der Waals surface area contributed by atoms with E-state index in [1.54, 1.807) is 12.1 Å².